The Balaban J connectivity index is 1.36. The smallest absolute Gasteiger partial charge is 0.191 e. The number of guanidine groups is 1. The van der Waals surface area contributed by atoms with Crippen molar-refractivity contribution in [2.75, 3.05) is 42.5 Å². The zero-order valence-corrected chi connectivity index (χ0v) is 18.0. The van der Waals surface area contributed by atoms with Crippen molar-refractivity contribution in [3.63, 3.8) is 0 Å². The standard InChI is InChI=1S/C23H30F2N6/c1-2-26-23(28-15-17-8-9-21(27-14-17)30-11-3-4-12-30)29-18-10-13-31(16-18)22-19(24)6-5-7-20(22)25/h5-9,14,18H,2-4,10-13,15-16H2,1H3,(H2,26,28,29). The van der Waals surface area contributed by atoms with E-state index in [0.717, 1.165) is 37.4 Å². The van der Waals surface area contributed by atoms with Crippen LogP contribution in [0.2, 0.25) is 0 Å². The minimum absolute atomic E-state index is 0.0536. The molecule has 0 bridgehead atoms. The van der Waals surface area contributed by atoms with E-state index in [1.165, 1.54) is 31.0 Å². The minimum atomic E-state index is -0.522. The topological polar surface area (TPSA) is 55.8 Å². The zero-order valence-electron chi connectivity index (χ0n) is 18.0. The summed E-state index contributed by atoms with van der Waals surface area (Å²) in [5.74, 6) is 0.686. The van der Waals surface area contributed by atoms with Crippen LogP contribution in [0.15, 0.2) is 41.5 Å². The molecule has 166 valence electrons. The van der Waals surface area contributed by atoms with Crippen LogP contribution in [-0.4, -0.2) is 49.7 Å². The molecule has 1 atom stereocenters. The summed E-state index contributed by atoms with van der Waals surface area (Å²) in [6.07, 6.45) is 5.13. The Morgan fingerprint density at radius 1 is 1.10 bits per heavy atom. The first-order chi connectivity index (χ1) is 15.1. The number of rotatable bonds is 6. The largest absolute Gasteiger partial charge is 0.365 e. The SMILES string of the molecule is CCNC(=NCc1ccc(N2CCCC2)nc1)NC1CCN(c2c(F)cccc2F)C1. The Morgan fingerprint density at radius 2 is 1.87 bits per heavy atom. The number of hydrogen-bond acceptors (Lipinski definition) is 4. The van der Waals surface area contributed by atoms with Crippen molar-refractivity contribution < 1.29 is 8.78 Å². The number of aromatic nitrogens is 1. The normalized spacial score (nSPS) is 19.2. The molecule has 0 radical (unpaired) electrons. The van der Waals surface area contributed by atoms with Crippen molar-refractivity contribution in [2.24, 2.45) is 4.99 Å². The Kier molecular flexibility index (Phi) is 6.84. The number of nitrogens with zero attached hydrogens (tertiary/aromatic N) is 4. The summed E-state index contributed by atoms with van der Waals surface area (Å²) in [6.45, 7) is 6.53. The predicted molar refractivity (Wildman–Crippen MR) is 121 cm³/mol. The Hall–Kier alpha value is -2.90. The molecule has 2 aromatic rings. The van der Waals surface area contributed by atoms with Crippen LogP contribution >= 0.6 is 0 Å². The Bertz CT molecular complexity index is 875. The van der Waals surface area contributed by atoms with Crippen molar-refractivity contribution in [3.8, 4) is 0 Å². The average molecular weight is 429 g/mol. The first-order valence-corrected chi connectivity index (χ1v) is 11.1. The highest BCUT2D eigenvalue weighted by Crippen LogP contribution is 2.26. The van der Waals surface area contributed by atoms with Crippen LogP contribution in [-0.2, 0) is 6.54 Å². The molecule has 0 aliphatic carbocycles. The molecule has 1 aromatic carbocycles. The highest BCUT2D eigenvalue weighted by atomic mass is 19.1. The van der Waals surface area contributed by atoms with Crippen LogP contribution in [0.1, 0.15) is 31.7 Å². The minimum Gasteiger partial charge on any atom is -0.365 e. The maximum atomic E-state index is 14.1. The summed E-state index contributed by atoms with van der Waals surface area (Å²) in [5.41, 5.74) is 1.10. The van der Waals surface area contributed by atoms with Gasteiger partial charge in [-0.2, -0.15) is 0 Å². The van der Waals surface area contributed by atoms with E-state index >= 15 is 0 Å². The van der Waals surface area contributed by atoms with Gasteiger partial charge in [-0.3, -0.25) is 0 Å². The molecule has 0 spiro atoms. The summed E-state index contributed by atoms with van der Waals surface area (Å²) >= 11 is 0. The lowest BCUT2D eigenvalue weighted by Crippen LogP contribution is -2.44. The van der Waals surface area contributed by atoms with E-state index in [1.54, 1.807) is 4.90 Å². The average Bonchev–Trinajstić information content (AvgIpc) is 3.45. The van der Waals surface area contributed by atoms with Crippen LogP contribution in [0.25, 0.3) is 0 Å². The van der Waals surface area contributed by atoms with Gasteiger partial charge < -0.3 is 20.4 Å². The maximum absolute atomic E-state index is 14.1. The van der Waals surface area contributed by atoms with Crippen molar-refractivity contribution in [3.05, 3.63) is 53.7 Å². The highest BCUT2D eigenvalue weighted by Gasteiger charge is 2.27. The van der Waals surface area contributed by atoms with E-state index in [-0.39, 0.29) is 11.7 Å². The first-order valence-electron chi connectivity index (χ1n) is 11.1. The van der Waals surface area contributed by atoms with Crippen LogP contribution in [0.4, 0.5) is 20.3 Å². The summed E-state index contributed by atoms with van der Waals surface area (Å²) in [7, 11) is 0. The zero-order chi connectivity index (χ0) is 21.6. The Morgan fingerprint density at radius 3 is 2.55 bits per heavy atom. The van der Waals surface area contributed by atoms with Gasteiger partial charge in [0.25, 0.3) is 0 Å². The van der Waals surface area contributed by atoms with Gasteiger partial charge >= 0.3 is 0 Å². The third-order valence-corrected chi connectivity index (χ3v) is 5.79. The molecule has 6 nitrogen and oxygen atoms in total. The molecule has 0 amide bonds. The molecule has 2 fully saturated rings. The van der Waals surface area contributed by atoms with Crippen molar-refractivity contribution >= 4 is 17.5 Å². The highest BCUT2D eigenvalue weighted by molar-refractivity contribution is 5.80. The fourth-order valence-corrected chi connectivity index (χ4v) is 4.20. The van der Waals surface area contributed by atoms with E-state index in [9.17, 15) is 8.78 Å². The lowest BCUT2D eigenvalue weighted by molar-refractivity contribution is 0.576. The van der Waals surface area contributed by atoms with Gasteiger partial charge in [0.1, 0.15) is 23.1 Å². The molecule has 8 heteroatoms. The first kappa shape index (κ1) is 21.3. The molecule has 1 aromatic heterocycles. The Labute approximate surface area is 182 Å². The summed E-state index contributed by atoms with van der Waals surface area (Å²) in [4.78, 5) is 13.3. The fraction of sp³-hybridized carbons (Fsp3) is 0.478. The van der Waals surface area contributed by atoms with Gasteiger partial charge in [0, 0.05) is 45.0 Å². The van der Waals surface area contributed by atoms with Gasteiger partial charge in [-0.25, -0.2) is 18.8 Å². The maximum Gasteiger partial charge on any atom is 0.191 e. The molecule has 0 saturated carbocycles. The van der Waals surface area contributed by atoms with Crippen LogP contribution in [0, 0.1) is 11.6 Å². The number of aliphatic imine (C=N–C) groups is 1. The van der Waals surface area contributed by atoms with Crippen LogP contribution in [0.3, 0.4) is 0 Å². The molecular weight excluding hydrogens is 398 g/mol. The summed E-state index contributed by atoms with van der Waals surface area (Å²) in [5, 5.41) is 6.66. The van der Waals surface area contributed by atoms with E-state index < -0.39 is 11.6 Å². The van der Waals surface area contributed by atoms with Crippen molar-refractivity contribution in [1.82, 2.24) is 15.6 Å². The molecule has 2 aliphatic heterocycles. The van der Waals surface area contributed by atoms with Crippen molar-refractivity contribution in [2.45, 2.75) is 38.8 Å². The molecule has 2 N–H and O–H groups in total. The second-order valence-corrected chi connectivity index (χ2v) is 8.06. The van der Waals surface area contributed by atoms with Gasteiger partial charge in [0.2, 0.25) is 0 Å². The number of benzene rings is 1. The number of halogens is 2. The third-order valence-electron chi connectivity index (χ3n) is 5.79. The third kappa shape index (κ3) is 5.24. The quantitative estimate of drug-likeness (QED) is 0.546. The van der Waals surface area contributed by atoms with Gasteiger partial charge in [-0.1, -0.05) is 12.1 Å². The monoisotopic (exact) mass is 428 g/mol. The second kappa shape index (κ2) is 9.94. The van der Waals surface area contributed by atoms with Crippen LogP contribution < -0.4 is 20.4 Å². The number of hydrogen-bond donors (Lipinski definition) is 2. The lowest BCUT2D eigenvalue weighted by Gasteiger charge is -2.21. The van der Waals surface area contributed by atoms with Gasteiger partial charge in [-0.05, 0) is 49.9 Å². The molecular formula is C23H30F2N6. The van der Waals surface area contributed by atoms with Crippen LogP contribution in [0.5, 0.6) is 0 Å². The molecule has 1 unspecified atom stereocenters. The van der Waals surface area contributed by atoms with E-state index in [4.69, 9.17) is 0 Å². The molecule has 3 heterocycles. The number of anilines is 2. The summed E-state index contributed by atoms with van der Waals surface area (Å²) < 4.78 is 28.2. The second-order valence-electron chi connectivity index (χ2n) is 8.06. The van der Waals surface area contributed by atoms with E-state index in [1.807, 2.05) is 13.1 Å². The predicted octanol–water partition coefficient (Wildman–Crippen LogP) is 3.29. The van der Waals surface area contributed by atoms with Gasteiger partial charge in [-0.15, -0.1) is 0 Å². The fourth-order valence-electron chi connectivity index (χ4n) is 4.20. The molecule has 31 heavy (non-hydrogen) atoms. The van der Waals surface area contributed by atoms with E-state index in [0.29, 0.717) is 25.6 Å². The van der Waals surface area contributed by atoms with Gasteiger partial charge in [0.15, 0.2) is 5.96 Å². The molecule has 2 saturated heterocycles. The summed E-state index contributed by atoms with van der Waals surface area (Å²) in [6, 6.07) is 8.19. The van der Waals surface area contributed by atoms with Gasteiger partial charge in [0.05, 0.1) is 6.54 Å². The molecule has 4 rings (SSSR count). The lowest BCUT2D eigenvalue weighted by atomic mass is 10.2. The number of nitrogens with one attached hydrogen (secondary N) is 2. The van der Waals surface area contributed by atoms with Crippen molar-refractivity contribution in [1.29, 1.82) is 0 Å². The van der Waals surface area contributed by atoms with E-state index in [2.05, 4.69) is 37.6 Å². The number of pyridine rings is 1. The number of para-hydroxylation sites is 1. The molecule has 2 aliphatic rings.